The number of rotatable bonds is 8. The van der Waals surface area contributed by atoms with E-state index in [4.69, 9.17) is 19.9 Å². The van der Waals surface area contributed by atoms with E-state index in [0.717, 1.165) is 25.9 Å². The van der Waals surface area contributed by atoms with Crippen LogP contribution in [0.25, 0.3) is 0 Å². The Balaban J connectivity index is 1.88. The smallest absolute Gasteiger partial charge is 0.0813 e. The molecule has 0 spiro atoms. The Labute approximate surface area is 92.1 Å². The average molecular weight is 217 g/mol. The first kappa shape index (κ1) is 12.9. The minimum Gasteiger partial charge on any atom is -0.379 e. The predicted octanol–water partition coefficient (Wildman–Crippen LogP) is 0.936. The zero-order valence-corrected chi connectivity index (χ0v) is 9.61. The Morgan fingerprint density at radius 1 is 1.13 bits per heavy atom. The fourth-order valence-electron chi connectivity index (χ4n) is 1.66. The van der Waals surface area contributed by atoms with Crippen molar-refractivity contribution < 1.29 is 14.2 Å². The van der Waals surface area contributed by atoms with E-state index in [2.05, 4.69) is 6.92 Å². The van der Waals surface area contributed by atoms with Crippen LogP contribution in [0, 0.1) is 0 Å². The van der Waals surface area contributed by atoms with Crippen molar-refractivity contribution in [2.75, 3.05) is 33.0 Å². The van der Waals surface area contributed by atoms with Crippen molar-refractivity contribution in [3.05, 3.63) is 0 Å². The minimum atomic E-state index is 0.240. The number of hydrogen-bond donors (Lipinski definition) is 1. The van der Waals surface area contributed by atoms with Crippen LogP contribution < -0.4 is 5.73 Å². The van der Waals surface area contributed by atoms with E-state index in [-0.39, 0.29) is 12.2 Å². The summed E-state index contributed by atoms with van der Waals surface area (Å²) in [6, 6.07) is 0. The van der Waals surface area contributed by atoms with E-state index in [9.17, 15) is 0 Å². The zero-order valence-electron chi connectivity index (χ0n) is 9.61. The summed E-state index contributed by atoms with van der Waals surface area (Å²) in [6.45, 7) is 5.55. The molecule has 0 saturated carbocycles. The van der Waals surface area contributed by atoms with Gasteiger partial charge >= 0.3 is 0 Å². The van der Waals surface area contributed by atoms with Gasteiger partial charge in [-0.1, -0.05) is 6.92 Å². The zero-order chi connectivity index (χ0) is 10.9. The SMILES string of the molecule is CCCOCCOCC1CCC(CN)O1. The van der Waals surface area contributed by atoms with Gasteiger partial charge < -0.3 is 19.9 Å². The molecule has 0 aliphatic carbocycles. The molecular weight excluding hydrogens is 194 g/mol. The Kier molecular flexibility index (Phi) is 6.92. The van der Waals surface area contributed by atoms with Crippen molar-refractivity contribution in [1.82, 2.24) is 0 Å². The highest BCUT2D eigenvalue weighted by Gasteiger charge is 2.23. The Morgan fingerprint density at radius 2 is 1.87 bits per heavy atom. The molecule has 4 heteroatoms. The molecule has 0 amide bonds. The molecule has 1 aliphatic heterocycles. The van der Waals surface area contributed by atoms with Gasteiger partial charge in [0.05, 0.1) is 32.0 Å². The molecule has 1 fully saturated rings. The standard InChI is InChI=1S/C11H23NO3/c1-2-5-13-6-7-14-9-11-4-3-10(8-12)15-11/h10-11H,2-9,12H2,1H3. The lowest BCUT2D eigenvalue weighted by Gasteiger charge is -2.12. The van der Waals surface area contributed by atoms with Gasteiger partial charge in [0.25, 0.3) is 0 Å². The number of hydrogen-bond acceptors (Lipinski definition) is 4. The molecule has 1 saturated heterocycles. The van der Waals surface area contributed by atoms with Gasteiger partial charge in [-0.25, -0.2) is 0 Å². The highest BCUT2D eigenvalue weighted by Crippen LogP contribution is 2.18. The summed E-state index contributed by atoms with van der Waals surface area (Å²) in [5.74, 6) is 0. The van der Waals surface area contributed by atoms with Gasteiger partial charge in [-0.2, -0.15) is 0 Å². The Hall–Kier alpha value is -0.160. The maximum absolute atomic E-state index is 5.65. The van der Waals surface area contributed by atoms with Crippen molar-refractivity contribution in [3.63, 3.8) is 0 Å². The summed E-state index contributed by atoms with van der Waals surface area (Å²) >= 11 is 0. The fourth-order valence-corrected chi connectivity index (χ4v) is 1.66. The van der Waals surface area contributed by atoms with Crippen LogP contribution >= 0.6 is 0 Å². The van der Waals surface area contributed by atoms with Crippen LogP contribution in [-0.2, 0) is 14.2 Å². The Bertz CT molecular complexity index is 155. The second-order valence-electron chi connectivity index (χ2n) is 3.88. The highest BCUT2D eigenvalue weighted by molar-refractivity contribution is 4.73. The molecule has 2 N–H and O–H groups in total. The molecule has 1 rings (SSSR count). The average Bonchev–Trinajstić information content (AvgIpc) is 2.71. The maximum atomic E-state index is 5.65. The molecule has 1 heterocycles. The monoisotopic (exact) mass is 217 g/mol. The van der Waals surface area contributed by atoms with Gasteiger partial charge in [-0.05, 0) is 19.3 Å². The van der Waals surface area contributed by atoms with E-state index in [1.165, 1.54) is 0 Å². The van der Waals surface area contributed by atoms with Gasteiger partial charge in [0.15, 0.2) is 0 Å². The third-order valence-electron chi connectivity index (χ3n) is 2.48. The molecule has 4 nitrogen and oxygen atoms in total. The van der Waals surface area contributed by atoms with Crippen LogP contribution in [-0.4, -0.2) is 45.2 Å². The third kappa shape index (κ3) is 5.47. The van der Waals surface area contributed by atoms with E-state index in [0.29, 0.717) is 26.4 Å². The van der Waals surface area contributed by atoms with Gasteiger partial charge in [-0.3, -0.25) is 0 Å². The minimum absolute atomic E-state index is 0.240. The van der Waals surface area contributed by atoms with Crippen LogP contribution in [0.2, 0.25) is 0 Å². The first-order valence-corrected chi connectivity index (χ1v) is 5.87. The van der Waals surface area contributed by atoms with E-state index >= 15 is 0 Å². The van der Waals surface area contributed by atoms with E-state index < -0.39 is 0 Å². The van der Waals surface area contributed by atoms with Crippen LogP contribution in [0.3, 0.4) is 0 Å². The topological polar surface area (TPSA) is 53.7 Å². The molecule has 15 heavy (non-hydrogen) atoms. The predicted molar refractivity (Wildman–Crippen MR) is 58.9 cm³/mol. The van der Waals surface area contributed by atoms with Crippen molar-refractivity contribution in [3.8, 4) is 0 Å². The quantitative estimate of drug-likeness (QED) is 0.615. The summed E-state index contributed by atoms with van der Waals surface area (Å²) in [4.78, 5) is 0. The lowest BCUT2D eigenvalue weighted by Crippen LogP contribution is -2.23. The van der Waals surface area contributed by atoms with Crippen LogP contribution in [0.15, 0.2) is 0 Å². The largest absolute Gasteiger partial charge is 0.379 e. The molecule has 1 aliphatic rings. The maximum Gasteiger partial charge on any atom is 0.0813 e. The van der Waals surface area contributed by atoms with Crippen LogP contribution in [0.4, 0.5) is 0 Å². The van der Waals surface area contributed by atoms with Crippen molar-refractivity contribution in [2.24, 2.45) is 5.73 Å². The van der Waals surface area contributed by atoms with Gasteiger partial charge in [-0.15, -0.1) is 0 Å². The molecule has 0 aromatic heterocycles. The van der Waals surface area contributed by atoms with Crippen molar-refractivity contribution in [2.45, 2.75) is 38.4 Å². The summed E-state index contributed by atoms with van der Waals surface area (Å²) in [6.07, 6.45) is 3.68. The summed E-state index contributed by atoms with van der Waals surface area (Å²) in [5.41, 5.74) is 5.52. The Morgan fingerprint density at radius 3 is 2.53 bits per heavy atom. The normalized spacial score (nSPS) is 26.0. The van der Waals surface area contributed by atoms with Crippen molar-refractivity contribution >= 4 is 0 Å². The van der Waals surface area contributed by atoms with E-state index in [1.807, 2.05) is 0 Å². The van der Waals surface area contributed by atoms with Crippen molar-refractivity contribution in [1.29, 1.82) is 0 Å². The summed E-state index contributed by atoms with van der Waals surface area (Å²) in [7, 11) is 0. The molecule has 0 aromatic rings. The van der Waals surface area contributed by atoms with Gasteiger partial charge in [0.1, 0.15) is 0 Å². The third-order valence-corrected chi connectivity index (χ3v) is 2.48. The molecule has 0 aromatic carbocycles. The molecule has 0 radical (unpaired) electrons. The van der Waals surface area contributed by atoms with E-state index in [1.54, 1.807) is 0 Å². The molecular formula is C11H23NO3. The summed E-state index contributed by atoms with van der Waals surface area (Å²) < 4.78 is 16.4. The van der Waals surface area contributed by atoms with Gasteiger partial charge in [0, 0.05) is 13.2 Å². The second kappa shape index (κ2) is 8.05. The number of ether oxygens (including phenoxy) is 3. The first-order chi connectivity index (χ1) is 7.36. The molecule has 0 bridgehead atoms. The van der Waals surface area contributed by atoms with Gasteiger partial charge in [0.2, 0.25) is 0 Å². The fraction of sp³-hybridized carbons (Fsp3) is 1.00. The lowest BCUT2D eigenvalue weighted by molar-refractivity contribution is -0.0266. The molecule has 90 valence electrons. The lowest BCUT2D eigenvalue weighted by atomic mass is 10.2. The number of nitrogens with two attached hydrogens (primary N) is 1. The second-order valence-corrected chi connectivity index (χ2v) is 3.88. The van der Waals surface area contributed by atoms with Crippen LogP contribution in [0.1, 0.15) is 26.2 Å². The summed E-state index contributed by atoms with van der Waals surface area (Å²) in [5, 5.41) is 0. The molecule has 2 unspecified atom stereocenters. The highest BCUT2D eigenvalue weighted by atomic mass is 16.6. The van der Waals surface area contributed by atoms with Crippen LogP contribution in [0.5, 0.6) is 0 Å². The molecule has 2 atom stereocenters. The first-order valence-electron chi connectivity index (χ1n) is 5.87.